The van der Waals surface area contributed by atoms with Crippen LogP contribution < -0.4 is 10.5 Å². The van der Waals surface area contributed by atoms with Crippen LogP contribution in [0, 0.1) is 11.8 Å². The second-order valence-electron chi connectivity index (χ2n) is 7.76. The molecular formula is C26H26N6O2. The number of carbonyl (C=O) groups is 1. The fourth-order valence-electron chi connectivity index (χ4n) is 3.75. The molecule has 8 heteroatoms. The molecule has 172 valence electrons. The zero-order valence-corrected chi connectivity index (χ0v) is 19.4. The predicted octanol–water partition coefficient (Wildman–Crippen LogP) is 4.30. The molecule has 0 aliphatic heterocycles. The third-order valence-corrected chi connectivity index (χ3v) is 5.43. The van der Waals surface area contributed by atoms with Crippen LogP contribution in [0.25, 0.3) is 22.3 Å². The maximum Gasteiger partial charge on any atom is 0.298 e. The normalized spacial score (nSPS) is 11.5. The van der Waals surface area contributed by atoms with Gasteiger partial charge in [-0.1, -0.05) is 24.1 Å². The summed E-state index contributed by atoms with van der Waals surface area (Å²) < 4.78 is 7.70. The van der Waals surface area contributed by atoms with E-state index < -0.39 is 0 Å². The first-order valence-electron chi connectivity index (χ1n) is 11.1. The van der Waals surface area contributed by atoms with Gasteiger partial charge in [0.1, 0.15) is 29.3 Å². The van der Waals surface area contributed by atoms with E-state index in [0.717, 1.165) is 11.3 Å². The highest BCUT2D eigenvalue weighted by Crippen LogP contribution is 2.33. The summed E-state index contributed by atoms with van der Waals surface area (Å²) >= 11 is 0. The minimum atomic E-state index is -0.211. The average molecular weight is 455 g/mol. The molecule has 2 aromatic carbocycles. The Bertz CT molecular complexity index is 1350. The molecule has 4 rings (SSSR count). The van der Waals surface area contributed by atoms with Gasteiger partial charge in [0, 0.05) is 18.7 Å². The lowest BCUT2D eigenvalue weighted by atomic mass is 10.1. The van der Waals surface area contributed by atoms with Crippen molar-refractivity contribution in [3.63, 3.8) is 0 Å². The molecule has 0 aliphatic carbocycles. The van der Waals surface area contributed by atoms with Gasteiger partial charge in [-0.25, -0.2) is 14.6 Å². The van der Waals surface area contributed by atoms with Gasteiger partial charge in [0.2, 0.25) is 0 Å². The van der Waals surface area contributed by atoms with Crippen molar-refractivity contribution in [1.29, 1.82) is 0 Å². The average Bonchev–Trinajstić information content (AvgIpc) is 3.25. The number of nitrogens with zero attached hydrogens (tertiary/aromatic N) is 5. The van der Waals surface area contributed by atoms with Crippen molar-refractivity contribution in [2.24, 2.45) is 0 Å². The summed E-state index contributed by atoms with van der Waals surface area (Å²) in [5.74, 6) is 6.89. The third kappa shape index (κ3) is 4.69. The van der Waals surface area contributed by atoms with Crippen molar-refractivity contribution >= 4 is 22.8 Å². The Morgan fingerprint density at radius 1 is 1.12 bits per heavy atom. The Balaban J connectivity index is 1.67. The number of ether oxygens (including phenoxy) is 1. The van der Waals surface area contributed by atoms with Crippen LogP contribution in [0.3, 0.4) is 0 Å². The summed E-state index contributed by atoms with van der Waals surface area (Å²) in [6.07, 6.45) is 1.43. The number of aromatic nitrogens is 4. The Morgan fingerprint density at radius 3 is 2.50 bits per heavy atom. The van der Waals surface area contributed by atoms with Crippen LogP contribution in [0.1, 0.15) is 26.8 Å². The number of hydrogen-bond acceptors (Lipinski definition) is 6. The number of hydrogen-bond donors (Lipinski definition) is 1. The Morgan fingerprint density at radius 2 is 1.82 bits per heavy atom. The molecule has 0 aliphatic rings. The third-order valence-electron chi connectivity index (χ3n) is 5.43. The summed E-state index contributed by atoms with van der Waals surface area (Å²) in [7, 11) is 0. The van der Waals surface area contributed by atoms with Gasteiger partial charge in [-0.05, 0) is 63.1 Å². The number of fused-ring (bicyclic) bond motifs is 1. The molecule has 0 spiro atoms. The first-order chi connectivity index (χ1) is 16.5. The molecule has 1 atom stereocenters. The van der Waals surface area contributed by atoms with Crippen LogP contribution in [0.2, 0.25) is 0 Å². The highest BCUT2D eigenvalue weighted by atomic mass is 16.5. The second kappa shape index (κ2) is 10.0. The molecule has 0 bridgehead atoms. The summed E-state index contributed by atoms with van der Waals surface area (Å²) in [4.78, 5) is 22.6. The SMILES string of the molecule is CC#CC(=O)N(CC)CC(C)n1nc(-c2ccc(Oc3ccccc3)cc2)c2c(N)ncnc21. The van der Waals surface area contributed by atoms with E-state index in [0.29, 0.717) is 41.4 Å². The number of para-hydroxylation sites is 1. The lowest BCUT2D eigenvalue weighted by molar-refractivity contribution is -0.125. The van der Waals surface area contributed by atoms with Gasteiger partial charge < -0.3 is 15.4 Å². The van der Waals surface area contributed by atoms with Gasteiger partial charge in [0.15, 0.2) is 5.65 Å². The Hall–Kier alpha value is -4.38. The summed E-state index contributed by atoms with van der Waals surface area (Å²) in [6.45, 7) is 6.55. The topological polar surface area (TPSA) is 99.2 Å². The number of carbonyl (C=O) groups excluding carboxylic acids is 1. The van der Waals surface area contributed by atoms with E-state index in [9.17, 15) is 4.79 Å². The van der Waals surface area contributed by atoms with Crippen molar-refractivity contribution in [3.8, 4) is 34.6 Å². The first kappa shape index (κ1) is 22.8. The minimum Gasteiger partial charge on any atom is -0.457 e. The largest absolute Gasteiger partial charge is 0.457 e. The lowest BCUT2D eigenvalue weighted by Crippen LogP contribution is -2.34. The fourth-order valence-corrected chi connectivity index (χ4v) is 3.75. The van der Waals surface area contributed by atoms with Crippen LogP contribution in [-0.2, 0) is 4.79 Å². The molecule has 0 saturated heterocycles. The molecule has 1 amide bonds. The number of anilines is 1. The zero-order chi connectivity index (χ0) is 24.1. The zero-order valence-electron chi connectivity index (χ0n) is 19.4. The molecule has 34 heavy (non-hydrogen) atoms. The highest BCUT2D eigenvalue weighted by molar-refractivity contribution is 5.98. The van der Waals surface area contributed by atoms with Gasteiger partial charge >= 0.3 is 0 Å². The van der Waals surface area contributed by atoms with Gasteiger partial charge in [-0.3, -0.25) is 4.79 Å². The van der Waals surface area contributed by atoms with E-state index in [-0.39, 0.29) is 11.9 Å². The maximum atomic E-state index is 12.3. The van der Waals surface area contributed by atoms with E-state index in [1.165, 1.54) is 6.33 Å². The monoisotopic (exact) mass is 454 g/mol. The predicted molar refractivity (Wildman–Crippen MR) is 132 cm³/mol. The molecule has 0 saturated carbocycles. The van der Waals surface area contributed by atoms with Gasteiger partial charge in [0.25, 0.3) is 5.91 Å². The van der Waals surface area contributed by atoms with Gasteiger partial charge in [0.05, 0.1) is 11.4 Å². The molecule has 0 radical (unpaired) electrons. The van der Waals surface area contributed by atoms with E-state index in [2.05, 4.69) is 21.8 Å². The van der Waals surface area contributed by atoms with Crippen LogP contribution in [0.15, 0.2) is 60.9 Å². The summed E-state index contributed by atoms with van der Waals surface area (Å²) in [5.41, 5.74) is 8.39. The molecule has 2 N–H and O–H groups in total. The molecule has 2 heterocycles. The van der Waals surface area contributed by atoms with E-state index in [4.69, 9.17) is 15.6 Å². The standard InChI is InChI=1S/C26H26N6O2/c1-4-9-22(33)31(5-2)16-18(3)32-26-23(25(27)28-17-29-26)24(30-32)19-12-14-21(15-13-19)34-20-10-7-6-8-11-20/h6-8,10-15,17-18H,5,16H2,1-3H3,(H2,27,28,29). The van der Waals surface area contributed by atoms with Crippen LogP contribution in [0.4, 0.5) is 5.82 Å². The molecule has 4 aromatic rings. The molecule has 1 unspecified atom stereocenters. The van der Waals surface area contributed by atoms with Crippen LogP contribution >= 0.6 is 0 Å². The number of amides is 1. The number of rotatable bonds is 7. The lowest BCUT2D eigenvalue weighted by Gasteiger charge is -2.23. The van der Waals surface area contributed by atoms with E-state index in [1.54, 1.807) is 16.5 Å². The summed E-state index contributed by atoms with van der Waals surface area (Å²) in [6, 6.07) is 17.1. The van der Waals surface area contributed by atoms with Crippen molar-refractivity contribution in [1.82, 2.24) is 24.6 Å². The van der Waals surface area contributed by atoms with Crippen molar-refractivity contribution in [3.05, 3.63) is 60.9 Å². The maximum absolute atomic E-state index is 12.3. The number of benzene rings is 2. The number of likely N-dealkylation sites (N-methyl/N-ethyl adjacent to an activating group) is 1. The van der Waals surface area contributed by atoms with Gasteiger partial charge in [-0.15, -0.1) is 0 Å². The first-order valence-corrected chi connectivity index (χ1v) is 11.1. The van der Waals surface area contributed by atoms with Crippen molar-refractivity contribution in [2.75, 3.05) is 18.8 Å². The van der Waals surface area contributed by atoms with Crippen LogP contribution in [0.5, 0.6) is 11.5 Å². The smallest absolute Gasteiger partial charge is 0.298 e. The number of nitrogens with two attached hydrogens (primary N) is 1. The molecular weight excluding hydrogens is 428 g/mol. The quantitative estimate of drug-likeness (QED) is 0.418. The Kier molecular flexibility index (Phi) is 6.74. The Labute approximate surface area is 198 Å². The van der Waals surface area contributed by atoms with Crippen molar-refractivity contribution < 1.29 is 9.53 Å². The molecule has 0 fully saturated rings. The van der Waals surface area contributed by atoms with E-state index in [1.807, 2.05) is 68.4 Å². The fraction of sp³-hybridized carbons (Fsp3) is 0.231. The highest BCUT2D eigenvalue weighted by Gasteiger charge is 2.22. The summed E-state index contributed by atoms with van der Waals surface area (Å²) in [5, 5.41) is 5.52. The molecule has 2 aromatic heterocycles. The van der Waals surface area contributed by atoms with Crippen molar-refractivity contribution in [2.45, 2.75) is 26.8 Å². The van der Waals surface area contributed by atoms with E-state index >= 15 is 0 Å². The second-order valence-corrected chi connectivity index (χ2v) is 7.76. The number of nitrogen functional groups attached to an aromatic ring is 1. The molecule has 8 nitrogen and oxygen atoms in total. The van der Waals surface area contributed by atoms with Crippen LogP contribution in [-0.4, -0.2) is 43.6 Å². The minimum absolute atomic E-state index is 0.159. The van der Waals surface area contributed by atoms with Gasteiger partial charge in [-0.2, -0.15) is 5.10 Å².